The summed E-state index contributed by atoms with van der Waals surface area (Å²) in [6, 6.07) is 0. The monoisotopic (exact) mass is 1310 g/mol. The molecule has 5 atom stereocenters. The van der Waals surface area contributed by atoms with Gasteiger partial charge in [-0.1, -0.05) is 305 Å². The molecule has 0 bridgehead atoms. The highest BCUT2D eigenvalue weighted by molar-refractivity contribution is 7.47. The van der Waals surface area contributed by atoms with E-state index in [1.165, 1.54) is 161 Å². The number of hydrogen-bond donors (Lipinski definition) is 3. The van der Waals surface area contributed by atoms with Gasteiger partial charge in [-0.05, 0) is 37.5 Å². The number of carbonyl (C=O) groups excluding carboxylic acids is 4. The Labute approximate surface area is 543 Å². The van der Waals surface area contributed by atoms with Crippen LogP contribution in [0.3, 0.4) is 0 Å². The van der Waals surface area contributed by atoms with E-state index in [1.807, 2.05) is 0 Å². The van der Waals surface area contributed by atoms with E-state index in [1.54, 1.807) is 0 Å². The molecule has 0 amide bonds. The lowest BCUT2D eigenvalue weighted by atomic mass is 10.0. The van der Waals surface area contributed by atoms with Crippen molar-refractivity contribution in [1.29, 1.82) is 0 Å². The summed E-state index contributed by atoms with van der Waals surface area (Å²) in [5.74, 6) is -0.652. The second-order valence-electron chi connectivity index (χ2n) is 26.2. The van der Waals surface area contributed by atoms with Gasteiger partial charge < -0.3 is 33.8 Å². The number of hydrogen-bond acceptors (Lipinski definition) is 15. The lowest BCUT2D eigenvalue weighted by molar-refractivity contribution is -0.161. The van der Waals surface area contributed by atoms with E-state index in [4.69, 9.17) is 37.0 Å². The van der Waals surface area contributed by atoms with Crippen LogP contribution < -0.4 is 0 Å². The number of aliphatic hydroxyl groups is 1. The molecule has 0 aromatic heterocycles. The first kappa shape index (κ1) is 87.1. The molecule has 0 aromatic rings. The second-order valence-corrected chi connectivity index (χ2v) is 29.1. The summed E-state index contributed by atoms with van der Waals surface area (Å²) < 4.78 is 68.2. The molecule has 3 N–H and O–H groups in total. The van der Waals surface area contributed by atoms with Crippen LogP contribution in [-0.2, 0) is 65.4 Å². The van der Waals surface area contributed by atoms with Crippen molar-refractivity contribution in [2.75, 3.05) is 39.6 Å². The zero-order chi connectivity index (χ0) is 65.7. The first-order valence-electron chi connectivity index (χ1n) is 36.5. The van der Waals surface area contributed by atoms with Gasteiger partial charge in [0.05, 0.1) is 26.4 Å². The highest BCUT2D eigenvalue weighted by Gasteiger charge is 2.30. The van der Waals surface area contributed by atoms with Crippen LogP contribution in [0.4, 0.5) is 0 Å². The topological polar surface area (TPSA) is 237 Å². The van der Waals surface area contributed by atoms with E-state index in [9.17, 15) is 43.2 Å². The van der Waals surface area contributed by atoms with E-state index in [-0.39, 0.29) is 25.7 Å². The van der Waals surface area contributed by atoms with Crippen molar-refractivity contribution in [2.24, 2.45) is 11.8 Å². The average molecular weight is 1310 g/mol. The van der Waals surface area contributed by atoms with Crippen molar-refractivity contribution in [1.82, 2.24) is 0 Å². The number of rotatable bonds is 69. The highest BCUT2D eigenvalue weighted by atomic mass is 31.2. The summed E-state index contributed by atoms with van der Waals surface area (Å²) in [7, 11) is -9.89. The number of carbonyl (C=O) groups is 4. The SMILES string of the molecule is CCCCCCCCCCCCCCCCCCCC(=O)O[C@H](COC(=O)CCCCCCCCCCCCCCC(C)C)COP(=O)(O)OC[C@@H](O)COP(=O)(O)OC[C@@H](COC(=O)CCCCCCCCC)OC(=O)CCCCCCCCCC(C)C. The van der Waals surface area contributed by atoms with Crippen LogP contribution in [0.1, 0.15) is 356 Å². The third-order valence-corrected chi connectivity index (χ3v) is 18.1. The highest BCUT2D eigenvalue weighted by Crippen LogP contribution is 2.45. The Balaban J connectivity index is 5.20. The third kappa shape index (κ3) is 64.6. The Morgan fingerprint density at radius 1 is 0.303 bits per heavy atom. The fourth-order valence-corrected chi connectivity index (χ4v) is 12.2. The van der Waals surface area contributed by atoms with Gasteiger partial charge in [-0.2, -0.15) is 0 Å². The molecule has 0 heterocycles. The van der Waals surface area contributed by atoms with Crippen LogP contribution in [0.5, 0.6) is 0 Å². The van der Waals surface area contributed by atoms with Crippen LogP contribution >= 0.6 is 15.6 Å². The van der Waals surface area contributed by atoms with E-state index in [0.29, 0.717) is 31.6 Å². The van der Waals surface area contributed by atoms with Gasteiger partial charge >= 0.3 is 39.5 Å². The largest absolute Gasteiger partial charge is 0.472 e. The molecule has 0 saturated carbocycles. The molecule has 19 heteroatoms. The Kier molecular flexibility index (Phi) is 60.8. The molecule has 0 radical (unpaired) electrons. The maximum absolute atomic E-state index is 13.0. The minimum absolute atomic E-state index is 0.103. The molecule has 0 rings (SSSR count). The summed E-state index contributed by atoms with van der Waals surface area (Å²) in [4.78, 5) is 72.4. The number of unbranched alkanes of at least 4 members (excludes halogenated alkanes) is 39. The van der Waals surface area contributed by atoms with Gasteiger partial charge in [0.25, 0.3) is 0 Å². The first-order valence-corrected chi connectivity index (χ1v) is 39.5. The van der Waals surface area contributed by atoms with Gasteiger partial charge in [-0.3, -0.25) is 37.3 Å². The molecule has 0 spiro atoms. The molecule has 0 saturated heterocycles. The van der Waals surface area contributed by atoms with Crippen LogP contribution in [0.2, 0.25) is 0 Å². The van der Waals surface area contributed by atoms with Gasteiger partial charge in [0.15, 0.2) is 12.2 Å². The smallest absolute Gasteiger partial charge is 0.462 e. The summed E-state index contributed by atoms with van der Waals surface area (Å²) in [6.45, 7) is 9.46. The fraction of sp³-hybridized carbons (Fsp3) is 0.943. The molecule has 0 fully saturated rings. The molecular weight excluding hydrogens is 1170 g/mol. The summed E-state index contributed by atoms with van der Waals surface area (Å²) in [5, 5.41) is 10.6. The Hall–Kier alpha value is -1.94. The van der Waals surface area contributed by atoms with Gasteiger partial charge in [0.2, 0.25) is 0 Å². The van der Waals surface area contributed by atoms with Gasteiger partial charge in [0, 0.05) is 25.7 Å². The third-order valence-electron chi connectivity index (χ3n) is 16.2. The van der Waals surface area contributed by atoms with Crippen molar-refractivity contribution >= 4 is 39.5 Å². The quantitative estimate of drug-likeness (QED) is 0.0222. The second kappa shape index (κ2) is 62.2. The van der Waals surface area contributed by atoms with Gasteiger partial charge in [0.1, 0.15) is 19.3 Å². The van der Waals surface area contributed by atoms with Crippen molar-refractivity contribution in [3.05, 3.63) is 0 Å². The van der Waals surface area contributed by atoms with E-state index in [2.05, 4.69) is 41.5 Å². The lowest BCUT2D eigenvalue weighted by Gasteiger charge is -2.21. The number of phosphoric ester groups is 2. The zero-order valence-electron chi connectivity index (χ0n) is 57.7. The lowest BCUT2D eigenvalue weighted by Crippen LogP contribution is -2.30. The number of aliphatic hydroxyl groups excluding tert-OH is 1. The predicted molar refractivity (Wildman–Crippen MR) is 358 cm³/mol. The standard InChI is InChI=1S/C70H136O17P2/c1-7-9-11-13-15-16-17-18-19-20-21-22-27-30-36-42-48-54-69(74)86-66(59-81-68(73)53-47-41-35-29-26-24-23-25-28-33-38-44-50-62(3)4)61-85-89(78,79)83-57-64(71)56-82-88(76,77)84-60-65(58-80-67(72)52-46-40-32-14-12-10-8-2)87-70(75)55-49-43-37-31-34-39-45-51-63(5)6/h62-66,71H,7-61H2,1-6H3,(H,76,77)(H,78,79)/t64-,65+,66+/m0/s1. The normalized spacial score (nSPS) is 14.1. The summed E-state index contributed by atoms with van der Waals surface area (Å²) in [6.07, 6.45) is 47.4. The molecule has 2 unspecified atom stereocenters. The van der Waals surface area contributed by atoms with E-state index >= 15 is 0 Å². The van der Waals surface area contributed by atoms with Crippen LogP contribution in [0.25, 0.3) is 0 Å². The zero-order valence-corrected chi connectivity index (χ0v) is 59.5. The molecule has 0 aliphatic heterocycles. The summed E-state index contributed by atoms with van der Waals surface area (Å²) in [5.41, 5.74) is 0. The van der Waals surface area contributed by atoms with E-state index < -0.39 is 97.5 Å². The number of phosphoric acid groups is 2. The molecule has 0 aliphatic carbocycles. The number of esters is 4. The van der Waals surface area contributed by atoms with Crippen LogP contribution in [0.15, 0.2) is 0 Å². The van der Waals surface area contributed by atoms with Crippen molar-refractivity contribution in [3.8, 4) is 0 Å². The Morgan fingerprint density at radius 2 is 0.517 bits per heavy atom. The molecule has 89 heavy (non-hydrogen) atoms. The maximum atomic E-state index is 13.0. The van der Waals surface area contributed by atoms with Crippen molar-refractivity contribution < 1.29 is 80.2 Å². The van der Waals surface area contributed by atoms with Crippen LogP contribution in [-0.4, -0.2) is 96.7 Å². The molecule has 528 valence electrons. The van der Waals surface area contributed by atoms with E-state index in [0.717, 1.165) is 109 Å². The minimum atomic E-state index is -4.95. The Morgan fingerprint density at radius 3 is 0.764 bits per heavy atom. The summed E-state index contributed by atoms with van der Waals surface area (Å²) >= 11 is 0. The van der Waals surface area contributed by atoms with Crippen LogP contribution in [0, 0.1) is 11.8 Å². The van der Waals surface area contributed by atoms with Gasteiger partial charge in [-0.15, -0.1) is 0 Å². The Bertz CT molecular complexity index is 1730. The molecule has 0 aromatic carbocycles. The van der Waals surface area contributed by atoms with Crippen molar-refractivity contribution in [3.63, 3.8) is 0 Å². The first-order chi connectivity index (χ1) is 42.9. The molecule has 17 nitrogen and oxygen atoms in total. The predicted octanol–water partition coefficient (Wildman–Crippen LogP) is 20.0. The fourth-order valence-electron chi connectivity index (χ4n) is 10.6. The molecule has 0 aliphatic rings. The number of ether oxygens (including phenoxy) is 4. The van der Waals surface area contributed by atoms with Crippen molar-refractivity contribution in [2.45, 2.75) is 374 Å². The average Bonchev–Trinajstić information content (AvgIpc) is 3.70. The van der Waals surface area contributed by atoms with Gasteiger partial charge in [-0.25, -0.2) is 9.13 Å². The molecular formula is C70H136O17P2. The maximum Gasteiger partial charge on any atom is 0.472 e. The minimum Gasteiger partial charge on any atom is -0.462 e.